The van der Waals surface area contributed by atoms with E-state index in [2.05, 4.69) is 36.3 Å². The van der Waals surface area contributed by atoms with E-state index in [1.807, 2.05) is 18.2 Å². The second-order valence-corrected chi connectivity index (χ2v) is 6.11. The molecule has 0 spiro atoms. The van der Waals surface area contributed by atoms with Crippen LogP contribution in [0.1, 0.15) is 36.1 Å². The molecule has 2 aromatic rings. The van der Waals surface area contributed by atoms with E-state index in [-0.39, 0.29) is 18.7 Å². The van der Waals surface area contributed by atoms with Gasteiger partial charge in [-0.25, -0.2) is 5.01 Å². The molecule has 5 nitrogen and oxygen atoms in total. The molecule has 0 bridgehead atoms. The van der Waals surface area contributed by atoms with E-state index in [1.165, 1.54) is 5.56 Å². The SMILES string of the molecule is CC(=O)N1N=C(c2ccc(C)cc2)C[C@@H]1c1ccc2c(c1)OCO2. The van der Waals surface area contributed by atoms with Crippen LogP contribution in [-0.4, -0.2) is 23.4 Å². The third-order valence-corrected chi connectivity index (χ3v) is 4.40. The van der Waals surface area contributed by atoms with Gasteiger partial charge in [-0.05, 0) is 30.2 Å². The summed E-state index contributed by atoms with van der Waals surface area (Å²) in [6.45, 7) is 3.84. The molecule has 24 heavy (non-hydrogen) atoms. The molecule has 1 amide bonds. The summed E-state index contributed by atoms with van der Waals surface area (Å²) >= 11 is 0. The zero-order chi connectivity index (χ0) is 16.7. The standard InChI is InChI=1S/C19H18N2O3/c1-12-3-5-14(6-4-12)16-10-17(21(20-16)13(2)22)15-7-8-18-19(9-15)24-11-23-18/h3-9,17H,10-11H2,1-2H3/t17-/m1/s1. The summed E-state index contributed by atoms with van der Waals surface area (Å²) < 4.78 is 10.8. The molecule has 2 heterocycles. The maximum atomic E-state index is 12.1. The van der Waals surface area contributed by atoms with Gasteiger partial charge >= 0.3 is 0 Å². The highest BCUT2D eigenvalue weighted by molar-refractivity contribution is 6.03. The highest BCUT2D eigenvalue weighted by Gasteiger charge is 2.32. The van der Waals surface area contributed by atoms with Gasteiger partial charge in [-0.2, -0.15) is 5.10 Å². The second-order valence-electron chi connectivity index (χ2n) is 6.11. The Hall–Kier alpha value is -2.82. The third kappa shape index (κ3) is 2.52. The molecule has 0 radical (unpaired) electrons. The minimum atomic E-state index is -0.117. The first-order valence-electron chi connectivity index (χ1n) is 7.96. The maximum Gasteiger partial charge on any atom is 0.240 e. The van der Waals surface area contributed by atoms with Crippen LogP contribution in [0.4, 0.5) is 0 Å². The first kappa shape index (κ1) is 14.8. The zero-order valence-corrected chi connectivity index (χ0v) is 13.7. The first-order chi connectivity index (χ1) is 11.6. The average molecular weight is 322 g/mol. The molecule has 0 aliphatic carbocycles. The molecule has 0 unspecified atom stereocenters. The van der Waals surface area contributed by atoms with Crippen LogP contribution < -0.4 is 9.47 Å². The van der Waals surface area contributed by atoms with Crippen LogP contribution in [0.25, 0.3) is 0 Å². The number of benzene rings is 2. The van der Waals surface area contributed by atoms with Crippen molar-refractivity contribution in [2.75, 3.05) is 6.79 Å². The molecular weight excluding hydrogens is 304 g/mol. The van der Waals surface area contributed by atoms with Crippen molar-refractivity contribution >= 4 is 11.6 Å². The van der Waals surface area contributed by atoms with Crippen molar-refractivity contribution in [2.24, 2.45) is 5.10 Å². The Balaban J connectivity index is 1.67. The van der Waals surface area contributed by atoms with Crippen LogP contribution in [0.3, 0.4) is 0 Å². The lowest BCUT2D eigenvalue weighted by atomic mass is 9.97. The predicted molar refractivity (Wildman–Crippen MR) is 90.2 cm³/mol. The maximum absolute atomic E-state index is 12.1. The molecule has 2 aliphatic rings. The van der Waals surface area contributed by atoms with Gasteiger partial charge in [0.25, 0.3) is 0 Å². The van der Waals surface area contributed by atoms with Crippen molar-refractivity contribution in [1.82, 2.24) is 5.01 Å². The Kier molecular flexibility index (Phi) is 3.49. The molecule has 122 valence electrons. The van der Waals surface area contributed by atoms with E-state index >= 15 is 0 Å². The van der Waals surface area contributed by atoms with Gasteiger partial charge in [0, 0.05) is 13.3 Å². The average Bonchev–Trinajstić information content (AvgIpc) is 3.21. The highest BCUT2D eigenvalue weighted by atomic mass is 16.7. The largest absolute Gasteiger partial charge is 0.454 e. The first-order valence-corrected chi connectivity index (χ1v) is 7.96. The summed E-state index contributed by atoms with van der Waals surface area (Å²) in [5.74, 6) is 1.39. The van der Waals surface area contributed by atoms with E-state index in [9.17, 15) is 4.79 Å². The van der Waals surface area contributed by atoms with Crippen LogP contribution in [-0.2, 0) is 4.79 Å². The molecule has 0 saturated heterocycles. The molecule has 5 heteroatoms. The number of hydrogen-bond donors (Lipinski definition) is 0. The second kappa shape index (κ2) is 5.67. The van der Waals surface area contributed by atoms with Gasteiger partial charge in [-0.15, -0.1) is 0 Å². The molecule has 0 fully saturated rings. The van der Waals surface area contributed by atoms with E-state index in [4.69, 9.17) is 9.47 Å². The van der Waals surface area contributed by atoms with Crippen LogP contribution in [0.2, 0.25) is 0 Å². The van der Waals surface area contributed by atoms with E-state index in [0.29, 0.717) is 6.42 Å². The summed E-state index contributed by atoms with van der Waals surface area (Å²) in [5.41, 5.74) is 4.18. The quantitative estimate of drug-likeness (QED) is 0.851. The molecule has 2 aliphatic heterocycles. The molecule has 1 atom stereocenters. The third-order valence-electron chi connectivity index (χ3n) is 4.40. The van der Waals surface area contributed by atoms with Gasteiger partial charge in [0.1, 0.15) is 0 Å². The number of hydrazone groups is 1. The normalized spacial score (nSPS) is 18.7. The minimum Gasteiger partial charge on any atom is -0.454 e. The van der Waals surface area contributed by atoms with Gasteiger partial charge in [0.2, 0.25) is 12.7 Å². The van der Waals surface area contributed by atoms with Crippen molar-refractivity contribution in [3.8, 4) is 11.5 Å². The number of carbonyl (C=O) groups is 1. The smallest absolute Gasteiger partial charge is 0.240 e. The van der Waals surface area contributed by atoms with Gasteiger partial charge in [-0.3, -0.25) is 4.79 Å². The fourth-order valence-corrected chi connectivity index (χ4v) is 3.10. The minimum absolute atomic E-state index is 0.0696. The monoisotopic (exact) mass is 322 g/mol. The number of rotatable bonds is 2. The number of hydrogen-bond acceptors (Lipinski definition) is 4. The fraction of sp³-hybridized carbons (Fsp3) is 0.263. The highest BCUT2D eigenvalue weighted by Crippen LogP contribution is 2.39. The topological polar surface area (TPSA) is 51.1 Å². The van der Waals surface area contributed by atoms with Crippen molar-refractivity contribution in [3.63, 3.8) is 0 Å². The number of carbonyl (C=O) groups excluding carboxylic acids is 1. The molecular formula is C19H18N2O3. The Morgan fingerprint density at radius 2 is 1.88 bits per heavy atom. The van der Waals surface area contributed by atoms with Gasteiger partial charge in [0.05, 0.1) is 11.8 Å². The number of ether oxygens (including phenoxy) is 2. The Bertz CT molecular complexity index is 827. The van der Waals surface area contributed by atoms with Gasteiger partial charge < -0.3 is 9.47 Å². The lowest BCUT2D eigenvalue weighted by molar-refractivity contribution is -0.130. The van der Waals surface area contributed by atoms with E-state index in [0.717, 1.165) is 28.3 Å². The van der Waals surface area contributed by atoms with Gasteiger partial charge in [-0.1, -0.05) is 35.9 Å². The summed E-state index contributed by atoms with van der Waals surface area (Å²) in [7, 11) is 0. The Morgan fingerprint density at radius 3 is 2.62 bits per heavy atom. The summed E-state index contributed by atoms with van der Waals surface area (Å²) in [6.07, 6.45) is 0.683. The summed E-state index contributed by atoms with van der Waals surface area (Å²) in [5, 5.41) is 6.13. The summed E-state index contributed by atoms with van der Waals surface area (Å²) in [4.78, 5) is 12.1. The predicted octanol–water partition coefficient (Wildman–Crippen LogP) is 3.42. The molecule has 0 saturated carbocycles. The fourth-order valence-electron chi connectivity index (χ4n) is 3.10. The Labute approximate surface area is 140 Å². The number of amides is 1. The lowest BCUT2D eigenvalue weighted by Crippen LogP contribution is -2.24. The van der Waals surface area contributed by atoms with E-state index < -0.39 is 0 Å². The van der Waals surface area contributed by atoms with E-state index in [1.54, 1.807) is 11.9 Å². The summed E-state index contributed by atoms with van der Waals surface area (Å²) in [6, 6.07) is 13.9. The molecule has 2 aromatic carbocycles. The molecule has 0 aromatic heterocycles. The lowest BCUT2D eigenvalue weighted by Gasteiger charge is -2.20. The zero-order valence-electron chi connectivity index (χ0n) is 13.7. The molecule has 0 N–H and O–H groups in total. The van der Waals surface area contributed by atoms with Crippen LogP contribution in [0.15, 0.2) is 47.6 Å². The van der Waals surface area contributed by atoms with Gasteiger partial charge in [0.15, 0.2) is 11.5 Å². The number of fused-ring (bicyclic) bond motifs is 1. The molecule has 4 rings (SSSR count). The van der Waals surface area contributed by atoms with Crippen molar-refractivity contribution in [2.45, 2.75) is 26.3 Å². The van der Waals surface area contributed by atoms with Crippen molar-refractivity contribution in [1.29, 1.82) is 0 Å². The number of nitrogens with zero attached hydrogens (tertiary/aromatic N) is 2. The number of aryl methyl sites for hydroxylation is 1. The van der Waals surface area contributed by atoms with Crippen LogP contribution >= 0.6 is 0 Å². The van der Waals surface area contributed by atoms with Crippen LogP contribution in [0.5, 0.6) is 11.5 Å². The van der Waals surface area contributed by atoms with Crippen molar-refractivity contribution < 1.29 is 14.3 Å². The Morgan fingerprint density at radius 1 is 1.12 bits per heavy atom. The van der Waals surface area contributed by atoms with Crippen molar-refractivity contribution in [3.05, 3.63) is 59.2 Å². The van der Waals surface area contributed by atoms with Crippen LogP contribution in [0, 0.1) is 6.92 Å².